The maximum atomic E-state index is 12.7. The van der Waals surface area contributed by atoms with Crippen molar-refractivity contribution >= 4 is 23.6 Å². The summed E-state index contributed by atoms with van der Waals surface area (Å²) in [5.41, 5.74) is -0.438. The smallest absolute Gasteiger partial charge is 0.416 e. The van der Waals surface area contributed by atoms with Gasteiger partial charge in [-0.15, -0.1) is 0 Å². The molecule has 5 nitrogen and oxygen atoms in total. The standard InChI is InChI=1S/C16H11F3N2O3/c17-16(18,19)12-3-1-2-11(7-12)15(24)21-13-6-10(8-20-9-13)4-5-14(22)23/h1-9H,(H,21,24)(H,22,23)/b5-4+. The number of amides is 1. The van der Waals surface area contributed by atoms with Gasteiger partial charge in [0.25, 0.3) is 5.91 Å². The monoisotopic (exact) mass is 336 g/mol. The number of carboxylic acid groups (broad SMARTS) is 1. The van der Waals surface area contributed by atoms with Gasteiger partial charge in [-0.3, -0.25) is 9.78 Å². The van der Waals surface area contributed by atoms with Crippen molar-refractivity contribution in [1.29, 1.82) is 0 Å². The van der Waals surface area contributed by atoms with Crippen LogP contribution in [0.2, 0.25) is 0 Å². The SMILES string of the molecule is O=C(O)/C=C/c1cncc(NC(=O)c2cccc(C(F)(F)F)c2)c1. The summed E-state index contributed by atoms with van der Waals surface area (Å²) >= 11 is 0. The Hall–Kier alpha value is -3.16. The number of benzene rings is 1. The lowest BCUT2D eigenvalue weighted by Gasteiger charge is -2.09. The molecule has 2 aromatic rings. The number of carbonyl (C=O) groups excluding carboxylic acids is 1. The lowest BCUT2D eigenvalue weighted by atomic mass is 10.1. The zero-order chi connectivity index (χ0) is 17.7. The highest BCUT2D eigenvalue weighted by atomic mass is 19.4. The van der Waals surface area contributed by atoms with Crippen molar-refractivity contribution in [3.05, 3.63) is 65.5 Å². The Kier molecular flexibility index (Phi) is 4.98. The van der Waals surface area contributed by atoms with E-state index in [1.54, 1.807) is 0 Å². The number of hydrogen-bond donors (Lipinski definition) is 2. The molecular weight excluding hydrogens is 325 g/mol. The van der Waals surface area contributed by atoms with Crippen LogP contribution in [0, 0.1) is 0 Å². The second-order valence-corrected chi connectivity index (χ2v) is 4.71. The first-order chi connectivity index (χ1) is 11.3. The summed E-state index contributed by atoms with van der Waals surface area (Å²) in [6.45, 7) is 0. The Balaban J connectivity index is 2.18. The predicted molar refractivity (Wildman–Crippen MR) is 80.3 cm³/mol. The van der Waals surface area contributed by atoms with E-state index in [2.05, 4.69) is 10.3 Å². The average Bonchev–Trinajstić information content (AvgIpc) is 2.52. The topological polar surface area (TPSA) is 79.3 Å². The Morgan fingerprint density at radius 2 is 1.92 bits per heavy atom. The molecule has 0 aliphatic carbocycles. The van der Waals surface area contributed by atoms with Gasteiger partial charge in [-0.2, -0.15) is 13.2 Å². The Bertz CT molecular complexity index is 801. The highest BCUT2D eigenvalue weighted by molar-refractivity contribution is 6.04. The van der Waals surface area contributed by atoms with Crippen LogP contribution in [0.1, 0.15) is 21.5 Å². The molecule has 0 bridgehead atoms. The number of nitrogens with one attached hydrogen (secondary N) is 1. The van der Waals surface area contributed by atoms with E-state index in [1.807, 2.05) is 0 Å². The van der Waals surface area contributed by atoms with Gasteiger partial charge >= 0.3 is 12.1 Å². The zero-order valence-corrected chi connectivity index (χ0v) is 12.0. The summed E-state index contributed by atoms with van der Waals surface area (Å²) in [5, 5.41) is 11.0. The van der Waals surface area contributed by atoms with Crippen LogP contribution in [0.3, 0.4) is 0 Å². The van der Waals surface area contributed by atoms with Crippen LogP contribution in [0.25, 0.3) is 6.08 Å². The van der Waals surface area contributed by atoms with Gasteiger partial charge in [0, 0.05) is 17.8 Å². The summed E-state index contributed by atoms with van der Waals surface area (Å²) in [7, 11) is 0. The minimum absolute atomic E-state index is 0.156. The van der Waals surface area contributed by atoms with E-state index >= 15 is 0 Å². The van der Waals surface area contributed by atoms with Crippen LogP contribution in [-0.2, 0) is 11.0 Å². The third-order valence-corrected chi connectivity index (χ3v) is 2.89. The zero-order valence-electron chi connectivity index (χ0n) is 12.0. The molecule has 0 spiro atoms. The first-order valence-electron chi connectivity index (χ1n) is 6.60. The van der Waals surface area contributed by atoms with E-state index in [4.69, 9.17) is 5.11 Å². The quantitative estimate of drug-likeness (QED) is 0.838. The van der Waals surface area contributed by atoms with Crippen LogP contribution in [0.4, 0.5) is 18.9 Å². The largest absolute Gasteiger partial charge is 0.478 e. The van der Waals surface area contributed by atoms with Gasteiger partial charge in [-0.25, -0.2) is 4.79 Å². The first-order valence-corrected chi connectivity index (χ1v) is 6.60. The van der Waals surface area contributed by atoms with Crippen LogP contribution in [-0.4, -0.2) is 22.0 Å². The molecular formula is C16H11F3N2O3. The van der Waals surface area contributed by atoms with Gasteiger partial charge in [0.2, 0.25) is 0 Å². The number of anilines is 1. The molecule has 0 saturated carbocycles. The second kappa shape index (κ2) is 6.95. The number of halogens is 3. The molecule has 1 heterocycles. The summed E-state index contributed by atoms with van der Waals surface area (Å²) in [5.74, 6) is -1.88. The number of carboxylic acids is 1. The summed E-state index contributed by atoms with van der Waals surface area (Å²) in [6, 6.07) is 5.46. The van der Waals surface area contributed by atoms with Gasteiger partial charge in [0.1, 0.15) is 0 Å². The number of rotatable bonds is 4. The van der Waals surface area contributed by atoms with Gasteiger partial charge in [-0.05, 0) is 35.9 Å². The van der Waals surface area contributed by atoms with E-state index in [0.29, 0.717) is 5.56 Å². The predicted octanol–water partition coefficient (Wildman–Crippen LogP) is 3.45. The average molecular weight is 336 g/mol. The van der Waals surface area contributed by atoms with E-state index in [-0.39, 0.29) is 11.3 Å². The van der Waals surface area contributed by atoms with E-state index in [9.17, 15) is 22.8 Å². The number of aromatic nitrogens is 1. The van der Waals surface area contributed by atoms with Crippen molar-refractivity contribution in [3.8, 4) is 0 Å². The fraction of sp³-hybridized carbons (Fsp3) is 0.0625. The van der Waals surface area contributed by atoms with Crippen LogP contribution in [0.15, 0.2) is 48.8 Å². The fourth-order valence-corrected chi connectivity index (χ4v) is 1.82. The Morgan fingerprint density at radius 1 is 1.17 bits per heavy atom. The van der Waals surface area contributed by atoms with Crippen molar-refractivity contribution in [1.82, 2.24) is 4.98 Å². The van der Waals surface area contributed by atoms with Gasteiger partial charge in [0.05, 0.1) is 17.4 Å². The fourth-order valence-electron chi connectivity index (χ4n) is 1.82. The molecule has 0 radical (unpaired) electrons. The molecule has 24 heavy (non-hydrogen) atoms. The second-order valence-electron chi connectivity index (χ2n) is 4.71. The molecule has 2 N–H and O–H groups in total. The van der Waals surface area contributed by atoms with E-state index in [1.165, 1.54) is 30.6 Å². The molecule has 2 rings (SSSR count). The number of aliphatic carboxylic acids is 1. The highest BCUT2D eigenvalue weighted by Gasteiger charge is 2.30. The van der Waals surface area contributed by atoms with Crippen molar-refractivity contribution < 1.29 is 27.9 Å². The molecule has 0 saturated heterocycles. The van der Waals surface area contributed by atoms with Crippen LogP contribution >= 0.6 is 0 Å². The molecule has 8 heteroatoms. The van der Waals surface area contributed by atoms with Crippen LogP contribution < -0.4 is 5.32 Å². The van der Waals surface area contributed by atoms with Gasteiger partial charge in [-0.1, -0.05) is 6.07 Å². The maximum Gasteiger partial charge on any atom is 0.416 e. The first kappa shape index (κ1) is 17.2. The number of nitrogens with zero attached hydrogens (tertiary/aromatic N) is 1. The highest BCUT2D eigenvalue weighted by Crippen LogP contribution is 2.29. The third-order valence-electron chi connectivity index (χ3n) is 2.89. The number of carbonyl (C=O) groups is 2. The minimum atomic E-state index is -4.54. The minimum Gasteiger partial charge on any atom is -0.478 e. The summed E-state index contributed by atoms with van der Waals surface area (Å²) < 4.78 is 38.0. The van der Waals surface area contributed by atoms with Crippen molar-refractivity contribution in [2.24, 2.45) is 0 Å². The maximum absolute atomic E-state index is 12.7. The third kappa shape index (κ3) is 4.67. The molecule has 1 aromatic heterocycles. The Labute approximate surface area is 134 Å². The van der Waals surface area contributed by atoms with Gasteiger partial charge < -0.3 is 10.4 Å². The van der Waals surface area contributed by atoms with Crippen LogP contribution in [0.5, 0.6) is 0 Å². The summed E-state index contributed by atoms with van der Waals surface area (Å²) in [4.78, 5) is 26.3. The molecule has 0 aliphatic heterocycles. The van der Waals surface area contributed by atoms with Crippen molar-refractivity contribution in [2.75, 3.05) is 5.32 Å². The van der Waals surface area contributed by atoms with E-state index < -0.39 is 23.6 Å². The van der Waals surface area contributed by atoms with Crippen molar-refractivity contribution in [3.63, 3.8) is 0 Å². The molecule has 0 atom stereocenters. The molecule has 124 valence electrons. The summed E-state index contributed by atoms with van der Waals surface area (Å²) in [6.07, 6.45) is 0.299. The van der Waals surface area contributed by atoms with E-state index in [0.717, 1.165) is 24.3 Å². The number of hydrogen-bond acceptors (Lipinski definition) is 3. The van der Waals surface area contributed by atoms with Gasteiger partial charge in [0.15, 0.2) is 0 Å². The molecule has 1 aromatic carbocycles. The molecule has 1 amide bonds. The normalized spacial score (nSPS) is 11.5. The lowest BCUT2D eigenvalue weighted by Crippen LogP contribution is -2.14. The molecule has 0 aliphatic rings. The number of pyridine rings is 1. The molecule has 0 fully saturated rings. The Morgan fingerprint density at radius 3 is 2.58 bits per heavy atom. The van der Waals surface area contributed by atoms with Crippen molar-refractivity contribution in [2.45, 2.75) is 6.18 Å². The number of alkyl halides is 3. The lowest BCUT2D eigenvalue weighted by molar-refractivity contribution is -0.137. The molecule has 0 unspecified atom stereocenters.